The van der Waals surface area contributed by atoms with Crippen LogP contribution >= 0.6 is 23.2 Å². The number of hydrogen-bond acceptors (Lipinski definition) is 2. The third-order valence-electron chi connectivity index (χ3n) is 1.35. The summed E-state index contributed by atoms with van der Waals surface area (Å²) in [6.45, 7) is 3.26. The van der Waals surface area contributed by atoms with Gasteiger partial charge in [0.25, 0.3) is 0 Å². The summed E-state index contributed by atoms with van der Waals surface area (Å²) in [5.74, 6) is -0.506. The van der Waals surface area contributed by atoms with Gasteiger partial charge in [0.1, 0.15) is 0 Å². The number of esters is 1. The van der Waals surface area contributed by atoms with Crippen molar-refractivity contribution in [3.05, 3.63) is 46.6 Å². The van der Waals surface area contributed by atoms with E-state index in [9.17, 15) is 4.79 Å². The highest BCUT2D eigenvalue weighted by molar-refractivity contribution is 6.42. The number of carbonyl (C=O) groups is 1. The molecule has 68 valence electrons. The molecule has 4 heteroatoms. The number of hydrogen-bond donors (Lipinski definition) is 0. The molecule has 0 aromatic heterocycles. The lowest BCUT2D eigenvalue weighted by molar-refractivity contribution is 0.0664. The summed E-state index contributed by atoms with van der Waals surface area (Å²) >= 11 is 11.4. The highest BCUT2D eigenvalue weighted by atomic mass is 35.5. The van der Waals surface area contributed by atoms with E-state index in [0.29, 0.717) is 15.6 Å². The Balaban J connectivity index is 2.96. The van der Waals surface area contributed by atoms with Gasteiger partial charge in [0.05, 0.1) is 21.9 Å². The lowest BCUT2D eigenvalue weighted by atomic mass is 10.2. The lowest BCUT2D eigenvalue weighted by Gasteiger charge is -2.00. The largest absolute Gasteiger partial charge is 0.432 e. The molecule has 0 aliphatic rings. The van der Waals surface area contributed by atoms with E-state index < -0.39 is 5.97 Å². The lowest BCUT2D eigenvalue weighted by Crippen LogP contribution is -1.99. The van der Waals surface area contributed by atoms with Gasteiger partial charge in [-0.05, 0) is 18.2 Å². The quantitative estimate of drug-likeness (QED) is 0.561. The first kappa shape index (κ1) is 10.1. The molecule has 0 radical (unpaired) electrons. The van der Waals surface area contributed by atoms with Crippen LogP contribution < -0.4 is 0 Å². The predicted molar refractivity (Wildman–Crippen MR) is 52.1 cm³/mol. The summed E-state index contributed by atoms with van der Waals surface area (Å²) < 4.78 is 4.55. The average Bonchev–Trinajstić information content (AvgIpc) is 2.10. The summed E-state index contributed by atoms with van der Waals surface area (Å²) in [4.78, 5) is 11.1. The first-order valence-electron chi connectivity index (χ1n) is 3.42. The van der Waals surface area contributed by atoms with Crippen LogP contribution in [0.15, 0.2) is 31.0 Å². The van der Waals surface area contributed by atoms with Crippen molar-refractivity contribution in [2.24, 2.45) is 0 Å². The van der Waals surface area contributed by atoms with E-state index >= 15 is 0 Å². The van der Waals surface area contributed by atoms with E-state index in [1.165, 1.54) is 18.2 Å². The van der Waals surface area contributed by atoms with Gasteiger partial charge in [-0.15, -0.1) is 0 Å². The maximum absolute atomic E-state index is 11.1. The Bertz CT molecular complexity index is 347. The molecule has 13 heavy (non-hydrogen) atoms. The Morgan fingerprint density at radius 3 is 2.62 bits per heavy atom. The molecule has 0 N–H and O–H groups in total. The highest BCUT2D eigenvalue weighted by Crippen LogP contribution is 2.22. The second-order valence-corrected chi connectivity index (χ2v) is 3.02. The van der Waals surface area contributed by atoms with Gasteiger partial charge in [-0.2, -0.15) is 0 Å². The molecule has 2 nitrogen and oxygen atoms in total. The second-order valence-electron chi connectivity index (χ2n) is 2.20. The Morgan fingerprint density at radius 1 is 1.38 bits per heavy atom. The van der Waals surface area contributed by atoms with Crippen molar-refractivity contribution in [2.45, 2.75) is 0 Å². The SMILES string of the molecule is C=COC(=O)c1ccc(Cl)c(Cl)c1. The van der Waals surface area contributed by atoms with E-state index in [4.69, 9.17) is 23.2 Å². The molecule has 0 aliphatic carbocycles. The van der Waals surface area contributed by atoms with Crippen LogP contribution in [0.2, 0.25) is 10.0 Å². The summed E-state index contributed by atoms with van der Waals surface area (Å²) in [6, 6.07) is 4.50. The van der Waals surface area contributed by atoms with Crippen LogP contribution in [0.4, 0.5) is 0 Å². The maximum Gasteiger partial charge on any atom is 0.342 e. The van der Waals surface area contributed by atoms with Crippen LogP contribution in [0.25, 0.3) is 0 Å². The summed E-state index contributed by atoms with van der Waals surface area (Å²) in [7, 11) is 0. The van der Waals surface area contributed by atoms with E-state index in [-0.39, 0.29) is 0 Å². The number of rotatable bonds is 2. The smallest absolute Gasteiger partial charge is 0.342 e. The van der Waals surface area contributed by atoms with Crippen LogP contribution in [-0.4, -0.2) is 5.97 Å². The zero-order valence-electron chi connectivity index (χ0n) is 6.59. The van der Waals surface area contributed by atoms with Gasteiger partial charge in [-0.25, -0.2) is 4.79 Å². The molecule has 1 rings (SSSR count). The molecular weight excluding hydrogens is 211 g/mol. The third-order valence-corrected chi connectivity index (χ3v) is 2.08. The van der Waals surface area contributed by atoms with Crippen LogP contribution in [0.1, 0.15) is 10.4 Å². The molecule has 0 heterocycles. The van der Waals surface area contributed by atoms with E-state index in [1.54, 1.807) is 0 Å². The standard InChI is InChI=1S/C9H6Cl2O2/c1-2-13-9(12)6-3-4-7(10)8(11)5-6/h2-5H,1H2. The summed E-state index contributed by atoms with van der Waals surface area (Å²) in [5, 5.41) is 0.719. The zero-order valence-corrected chi connectivity index (χ0v) is 8.10. The van der Waals surface area contributed by atoms with Crippen molar-refractivity contribution < 1.29 is 9.53 Å². The minimum absolute atomic E-state index is 0.320. The van der Waals surface area contributed by atoms with Crippen LogP contribution in [0.3, 0.4) is 0 Å². The maximum atomic E-state index is 11.1. The van der Waals surface area contributed by atoms with Crippen molar-refractivity contribution in [1.82, 2.24) is 0 Å². The van der Waals surface area contributed by atoms with E-state index in [2.05, 4.69) is 11.3 Å². The van der Waals surface area contributed by atoms with Gasteiger partial charge in [0.2, 0.25) is 0 Å². The molecule has 0 aliphatic heterocycles. The number of halogens is 2. The minimum Gasteiger partial charge on any atom is -0.432 e. The molecule has 1 aromatic rings. The zero-order chi connectivity index (χ0) is 9.84. The minimum atomic E-state index is -0.506. The molecule has 0 bridgehead atoms. The molecule has 0 amide bonds. The molecule has 0 atom stereocenters. The fourth-order valence-corrected chi connectivity index (χ4v) is 1.06. The first-order valence-corrected chi connectivity index (χ1v) is 4.17. The first-order chi connectivity index (χ1) is 6.15. The number of carbonyl (C=O) groups excluding carboxylic acids is 1. The topological polar surface area (TPSA) is 26.3 Å². The van der Waals surface area contributed by atoms with Crippen molar-refractivity contribution >= 4 is 29.2 Å². The van der Waals surface area contributed by atoms with E-state index in [1.807, 2.05) is 0 Å². The van der Waals surface area contributed by atoms with E-state index in [0.717, 1.165) is 6.26 Å². The van der Waals surface area contributed by atoms with Crippen molar-refractivity contribution in [1.29, 1.82) is 0 Å². The van der Waals surface area contributed by atoms with Gasteiger partial charge in [-0.3, -0.25) is 0 Å². The third kappa shape index (κ3) is 2.47. The van der Waals surface area contributed by atoms with Crippen molar-refractivity contribution in [2.75, 3.05) is 0 Å². The average molecular weight is 217 g/mol. The molecule has 0 unspecified atom stereocenters. The van der Waals surface area contributed by atoms with Crippen LogP contribution in [0, 0.1) is 0 Å². The van der Waals surface area contributed by atoms with Gasteiger partial charge in [0.15, 0.2) is 0 Å². The van der Waals surface area contributed by atoms with Crippen molar-refractivity contribution in [3.63, 3.8) is 0 Å². The Morgan fingerprint density at radius 2 is 2.08 bits per heavy atom. The van der Waals surface area contributed by atoms with Gasteiger partial charge < -0.3 is 4.74 Å². The van der Waals surface area contributed by atoms with Crippen LogP contribution in [0.5, 0.6) is 0 Å². The fourth-order valence-electron chi connectivity index (χ4n) is 0.767. The van der Waals surface area contributed by atoms with Gasteiger partial charge in [0, 0.05) is 0 Å². The van der Waals surface area contributed by atoms with Gasteiger partial charge in [-0.1, -0.05) is 29.8 Å². The predicted octanol–water partition coefficient (Wildman–Crippen LogP) is 3.29. The Hall–Kier alpha value is -0.990. The number of ether oxygens (including phenoxy) is 1. The molecule has 1 aromatic carbocycles. The second kappa shape index (κ2) is 4.30. The van der Waals surface area contributed by atoms with Gasteiger partial charge >= 0.3 is 5.97 Å². The molecule has 0 fully saturated rings. The Labute approximate surface area is 85.7 Å². The number of benzene rings is 1. The van der Waals surface area contributed by atoms with Crippen molar-refractivity contribution in [3.8, 4) is 0 Å². The summed E-state index contributed by atoms with van der Waals surface area (Å²) in [6.07, 6.45) is 1.06. The monoisotopic (exact) mass is 216 g/mol. The normalized spacial score (nSPS) is 9.38. The fraction of sp³-hybridized carbons (Fsp3) is 0. The van der Waals surface area contributed by atoms with Crippen LogP contribution in [-0.2, 0) is 4.74 Å². The Kier molecular flexibility index (Phi) is 3.34. The highest BCUT2D eigenvalue weighted by Gasteiger charge is 2.07. The molecule has 0 spiro atoms. The molecular formula is C9H6Cl2O2. The summed E-state index contributed by atoms with van der Waals surface area (Å²) in [5.41, 5.74) is 0.342. The molecule has 0 saturated carbocycles. The molecule has 0 saturated heterocycles.